The van der Waals surface area contributed by atoms with E-state index in [9.17, 15) is 15.0 Å². The molecule has 1 aliphatic heterocycles. The van der Waals surface area contributed by atoms with Gasteiger partial charge in [-0.3, -0.25) is 0 Å². The van der Waals surface area contributed by atoms with Crippen LogP contribution in [-0.2, 0) is 13.0 Å². The fourth-order valence-corrected chi connectivity index (χ4v) is 4.94. The maximum atomic E-state index is 11.4. The minimum absolute atomic E-state index is 0.0760. The Kier molecular flexibility index (Phi) is 5.85. The summed E-state index contributed by atoms with van der Waals surface area (Å²) in [5, 5.41) is 25.0. The minimum Gasteiger partial charge on any atom is -0.478 e. The first-order chi connectivity index (χ1) is 17.9. The molecule has 2 aliphatic rings. The molecular formula is C28H23ClN2O6. The highest BCUT2D eigenvalue weighted by Crippen LogP contribution is 2.45. The normalized spacial score (nSPS) is 16.4. The van der Waals surface area contributed by atoms with Crippen LogP contribution in [0.3, 0.4) is 0 Å². The van der Waals surface area contributed by atoms with Gasteiger partial charge in [0.25, 0.3) is 0 Å². The molecule has 8 nitrogen and oxygen atoms in total. The molecule has 0 spiro atoms. The SMILES string of the molecule is Cc1cccc(Cl)c1-c1noc(C2CC2)c1COc1ccc2c(n1)CC(O)c1ccc(C(=O)O)cc1O2. The molecule has 1 saturated carbocycles. The number of aliphatic hydroxyl groups is 1. The minimum atomic E-state index is -1.07. The standard InChI is InChI=1S/C28H23ClN2O6/c1-14-3-2-4-19(29)25(14)26-18(27(37-31-26)15-5-6-15)13-35-24-10-9-22-20(30-24)12-21(32)17-8-7-16(28(33)34)11-23(17)36-22/h2-4,7-11,15,21,32H,5-6,12-13H2,1H3,(H,33,34). The summed E-state index contributed by atoms with van der Waals surface area (Å²) in [6.07, 6.45) is 1.37. The van der Waals surface area contributed by atoms with Gasteiger partial charge in [0, 0.05) is 29.5 Å². The molecule has 1 aliphatic carbocycles. The zero-order chi connectivity index (χ0) is 25.7. The first-order valence-corrected chi connectivity index (χ1v) is 12.4. The number of fused-ring (bicyclic) bond motifs is 2. The van der Waals surface area contributed by atoms with Crippen molar-refractivity contribution < 1.29 is 29.0 Å². The van der Waals surface area contributed by atoms with Crippen LogP contribution in [0.2, 0.25) is 5.02 Å². The van der Waals surface area contributed by atoms with Gasteiger partial charge in [0.15, 0.2) is 0 Å². The number of benzene rings is 2. The number of hydrogen-bond acceptors (Lipinski definition) is 7. The molecule has 2 N–H and O–H groups in total. The summed E-state index contributed by atoms with van der Waals surface area (Å²) in [6.45, 7) is 2.17. The number of aromatic nitrogens is 2. The molecule has 0 bridgehead atoms. The van der Waals surface area contributed by atoms with Gasteiger partial charge in [-0.2, -0.15) is 0 Å². The van der Waals surface area contributed by atoms with Crippen LogP contribution >= 0.6 is 11.6 Å². The highest BCUT2D eigenvalue weighted by atomic mass is 35.5. The van der Waals surface area contributed by atoms with E-state index in [-0.39, 0.29) is 18.6 Å². The average Bonchev–Trinajstić information content (AvgIpc) is 3.65. The predicted octanol–water partition coefficient (Wildman–Crippen LogP) is 6.23. The molecule has 1 fully saturated rings. The molecule has 0 amide bonds. The lowest BCUT2D eigenvalue weighted by Gasteiger charge is -2.12. The third-order valence-electron chi connectivity index (χ3n) is 6.72. The lowest BCUT2D eigenvalue weighted by molar-refractivity contribution is 0.0696. The van der Waals surface area contributed by atoms with Gasteiger partial charge in [0.2, 0.25) is 5.88 Å². The van der Waals surface area contributed by atoms with Crippen molar-refractivity contribution in [2.75, 3.05) is 0 Å². The molecule has 1 atom stereocenters. The van der Waals surface area contributed by atoms with E-state index >= 15 is 0 Å². The van der Waals surface area contributed by atoms with E-state index in [0.717, 1.165) is 35.3 Å². The largest absolute Gasteiger partial charge is 0.478 e. The molecular weight excluding hydrogens is 496 g/mol. The van der Waals surface area contributed by atoms with E-state index in [0.29, 0.717) is 45.3 Å². The molecule has 2 aromatic heterocycles. The Morgan fingerprint density at radius 1 is 1.16 bits per heavy atom. The fraction of sp³-hybridized carbons (Fsp3) is 0.250. The monoisotopic (exact) mass is 518 g/mol. The number of halogens is 1. The van der Waals surface area contributed by atoms with Gasteiger partial charge in [-0.05, 0) is 49.6 Å². The van der Waals surface area contributed by atoms with Gasteiger partial charge < -0.3 is 24.2 Å². The third kappa shape index (κ3) is 4.43. The average molecular weight is 519 g/mol. The van der Waals surface area contributed by atoms with Crippen LogP contribution in [0, 0.1) is 6.92 Å². The molecule has 4 aromatic rings. The molecule has 0 saturated heterocycles. The molecule has 9 heteroatoms. The summed E-state index contributed by atoms with van der Waals surface area (Å²) >= 11 is 6.53. The molecule has 2 aromatic carbocycles. The van der Waals surface area contributed by atoms with Crippen LogP contribution in [0.15, 0.2) is 53.1 Å². The van der Waals surface area contributed by atoms with Crippen LogP contribution < -0.4 is 9.47 Å². The van der Waals surface area contributed by atoms with E-state index in [1.807, 2.05) is 25.1 Å². The smallest absolute Gasteiger partial charge is 0.335 e. The van der Waals surface area contributed by atoms with E-state index in [1.54, 1.807) is 18.2 Å². The summed E-state index contributed by atoms with van der Waals surface area (Å²) in [5.41, 5.74) is 4.42. The lowest BCUT2D eigenvalue weighted by Crippen LogP contribution is -2.05. The van der Waals surface area contributed by atoms with Crippen molar-refractivity contribution >= 4 is 17.6 Å². The van der Waals surface area contributed by atoms with Crippen molar-refractivity contribution in [2.45, 2.75) is 44.8 Å². The van der Waals surface area contributed by atoms with Crippen molar-refractivity contribution in [1.29, 1.82) is 0 Å². The highest BCUT2D eigenvalue weighted by molar-refractivity contribution is 6.33. The number of rotatable bonds is 6. The number of carbonyl (C=O) groups is 1. The summed E-state index contributed by atoms with van der Waals surface area (Å²) in [7, 11) is 0. The molecule has 188 valence electrons. The molecule has 1 unspecified atom stereocenters. The fourth-order valence-electron chi connectivity index (χ4n) is 4.63. The van der Waals surface area contributed by atoms with Crippen LogP contribution in [0.4, 0.5) is 0 Å². The number of ether oxygens (including phenoxy) is 2. The van der Waals surface area contributed by atoms with Gasteiger partial charge in [-0.15, -0.1) is 0 Å². The summed E-state index contributed by atoms with van der Waals surface area (Å²) in [5.74, 6) is 1.14. The Morgan fingerprint density at radius 2 is 2.00 bits per heavy atom. The number of carboxylic acid groups (broad SMARTS) is 1. The summed E-state index contributed by atoms with van der Waals surface area (Å²) < 4.78 is 17.8. The van der Waals surface area contributed by atoms with E-state index in [2.05, 4.69) is 10.1 Å². The van der Waals surface area contributed by atoms with Gasteiger partial charge in [0.1, 0.15) is 29.6 Å². The summed E-state index contributed by atoms with van der Waals surface area (Å²) in [6, 6.07) is 13.5. The third-order valence-corrected chi connectivity index (χ3v) is 7.04. The van der Waals surface area contributed by atoms with Crippen molar-refractivity contribution in [1.82, 2.24) is 10.1 Å². The van der Waals surface area contributed by atoms with E-state index < -0.39 is 12.1 Å². The molecule has 0 radical (unpaired) electrons. The number of nitrogens with zero attached hydrogens (tertiary/aromatic N) is 2. The van der Waals surface area contributed by atoms with Gasteiger partial charge >= 0.3 is 5.97 Å². The Morgan fingerprint density at radius 3 is 2.76 bits per heavy atom. The highest BCUT2D eigenvalue weighted by Gasteiger charge is 2.33. The van der Waals surface area contributed by atoms with Crippen molar-refractivity contribution in [3.05, 3.63) is 87.3 Å². The maximum Gasteiger partial charge on any atom is 0.335 e. The molecule has 6 rings (SSSR count). The van der Waals surface area contributed by atoms with E-state index in [4.69, 9.17) is 25.6 Å². The second kappa shape index (κ2) is 9.21. The topological polar surface area (TPSA) is 115 Å². The zero-order valence-electron chi connectivity index (χ0n) is 19.9. The van der Waals surface area contributed by atoms with Gasteiger partial charge in [0.05, 0.1) is 27.9 Å². The number of hydrogen-bond donors (Lipinski definition) is 2. The Balaban J connectivity index is 1.29. The number of pyridine rings is 1. The quantitative estimate of drug-likeness (QED) is 0.308. The Bertz CT molecular complexity index is 1510. The second-order valence-electron chi connectivity index (χ2n) is 9.34. The molecule has 3 heterocycles. The summed E-state index contributed by atoms with van der Waals surface area (Å²) in [4.78, 5) is 16.0. The Labute approximate surface area is 217 Å². The Hall–Kier alpha value is -3.88. The maximum absolute atomic E-state index is 11.4. The number of aromatic carboxylic acids is 1. The van der Waals surface area contributed by atoms with Crippen LogP contribution in [0.5, 0.6) is 17.4 Å². The van der Waals surface area contributed by atoms with E-state index in [1.165, 1.54) is 12.1 Å². The van der Waals surface area contributed by atoms with Crippen LogP contribution in [0.1, 0.15) is 63.4 Å². The zero-order valence-corrected chi connectivity index (χ0v) is 20.7. The number of carboxylic acids is 1. The van der Waals surface area contributed by atoms with Gasteiger partial charge in [-0.25, -0.2) is 9.78 Å². The van der Waals surface area contributed by atoms with Crippen molar-refractivity contribution in [3.8, 4) is 28.6 Å². The molecule has 37 heavy (non-hydrogen) atoms. The lowest BCUT2D eigenvalue weighted by atomic mass is 10.0. The van der Waals surface area contributed by atoms with Gasteiger partial charge in [-0.1, -0.05) is 35.0 Å². The van der Waals surface area contributed by atoms with Crippen molar-refractivity contribution in [2.24, 2.45) is 0 Å². The number of aryl methyl sites for hydroxylation is 1. The van der Waals surface area contributed by atoms with Crippen LogP contribution in [0.25, 0.3) is 11.3 Å². The second-order valence-corrected chi connectivity index (χ2v) is 9.75. The van der Waals surface area contributed by atoms with Crippen LogP contribution in [-0.4, -0.2) is 26.3 Å². The predicted molar refractivity (Wildman–Crippen MR) is 134 cm³/mol. The van der Waals surface area contributed by atoms with Crippen molar-refractivity contribution in [3.63, 3.8) is 0 Å². The number of aliphatic hydroxyl groups excluding tert-OH is 1. The first-order valence-electron chi connectivity index (χ1n) is 12.0. The first kappa shape index (κ1) is 23.5.